The van der Waals surface area contributed by atoms with Crippen LogP contribution in [0.3, 0.4) is 0 Å². The van der Waals surface area contributed by atoms with Gasteiger partial charge in [0.15, 0.2) is 6.29 Å². The molecule has 2 aliphatic rings. The van der Waals surface area contributed by atoms with Crippen molar-refractivity contribution in [2.24, 2.45) is 0 Å². The molecule has 1 aliphatic heterocycles. The molecule has 124 valence electrons. The van der Waals surface area contributed by atoms with Crippen LogP contribution < -0.4 is 0 Å². The quantitative estimate of drug-likeness (QED) is 0.792. The normalized spacial score (nSPS) is 18.5. The Hall–Kier alpha value is -1.84. The average molecular weight is 315 g/mol. The van der Waals surface area contributed by atoms with Gasteiger partial charge in [0.05, 0.1) is 0 Å². The highest BCUT2D eigenvalue weighted by molar-refractivity contribution is 5.80. The van der Waals surface area contributed by atoms with Gasteiger partial charge in [-0.05, 0) is 63.1 Å². The van der Waals surface area contributed by atoms with Gasteiger partial charge in [-0.1, -0.05) is 12.1 Å². The lowest BCUT2D eigenvalue weighted by molar-refractivity contribution is 0.00819. The summed E-state index contributed by atoms with van der Waals surface area (Å²) in [7, 11) is 0. The first-order chi connectivity index (χ1) is 10.8. The molecule has 1 aromatic carbocycles. The molecule has 3 rings (SSSR count). The van der Waals surface area contributed by atoms with E-state index in [0.29, 0.717) is 24.9 Å². The lowest BCUT2D eigenvalue weighted by Gasteiger charge is -2.40. The SMILES string of the molecule is Cc1cc(C2CN(C(=O)OC(C)(C)C)C2)cc(C2CC2)c1C=O. The molecule has 0 radical (unpaired) electrons. The van der Waals surface area contributed by atoms with Gasteiger partial charge in [0.2, 0.25) is 0 Å². The van der Waals surface area contributed by atoms with E-state index in [1.165, 1.54) is 24.0 Å². The largest absolute Gasteiger partial charge is 0.444 e. The fourth-order valence-electron chi connectivity index (χ4n) is 3.15. The van der Waals surface area contributed by atoms with Gasteiger partial charge in [-0.3, -0.25) is 4.79 Å². The van der Waals surface area contributed by atoms with Crippen LogP contribution in [0.15, 0.2) is 12.1 Å². The Bertz CT molecular complexity index is 635. The van der Waals surface area contributed by atoms with Crippen molar-refractivity contribution in [3.8, 4) is 0 Å². The standard InChI is InChI=1S/C19H25NO3/c1-12-7-14(8-16(13-5-6-13)17(12)11-21)15-9-20(10-15)18(22)23-19(2,3)4/h7-8,11,13,15H,5-6,9-10H2,1-4H3. The second-order valence-corrected chi connectivity index (χ2v) is 7.82. The third-order valence-electron chi connectivity index (χ3n) is 4.58. The van der Waals surface area contributed by atoms with E-state index in [-0.39, 0.29) is 6.09 Å². The van der Waals surface area contributed by atoms with Crippen molar-refractivity contribution >= 4 is 12.4 Å². The minimum Gasteiger partial charge on any atom is -0.444 e. The molecule has 1 heterocycles. The molecule has 1 saturated heterocycles. The minimum atomic E-state index is -0.455. The van der Waals surface area contributed by atoms with E-state index in [1.807, 2.05) is 27.7 Å². The number of benzene rings is 1. The summed E-state index contributed by atoms with van der Waals surface area (Å²) in [5.74, 6) is 0.898. The number of ether oxygens (including phenoxy) is 1. The van der Waals surface area contributed by atoms with E-state index in [0.717, 1.165) is 17.4 Å². The molecule has 0 bridgehead atoms. The van der Waals surface area contributed by atoms with Crippen molar-refractivity contribution in [2.75, 3.05) is 13.1 Å². The number of carbonyl (C=O) groups excluding carboxylic acids is 2. The molecule has 23 heavy (non-hydrogen) atoms. The summed E-state index contributed by atoms with van der Waals surface area (Å²) < 4.78 is 5.40. The zero-order valence-electron chi connectivity index (χ0n) is 14.4. The number of aryl methyl sites for hydroxylation is 1. The van der Waals surface area contributed by atoms with Gasteiger partial charge < -0.3 is 9.64 Å². The highest BCUT2D eigenvalue weighted by atomic mass is 16.6. The summed E-state index contributed by atoms with van der Waals surface area (Å²) in [5, 5.41) is 0. The van der Waals surface area contributed by atoms with Crippen molar-refractivity contribution in [1.82, 2.24) is 4.90 Å². The van der Waals surface area contributed by atoms with Gasteiger partial charge in [-0.2, -0.15) is 0 Å². The van der Waals surface area contributed by atoms with E-state index in [4.69, 9.17) is 4.74 Å². The third-order valence-corrected chi connectivity index (χ3v) is 4.58. The van der Waals surface area contributed by atoms with Crippen LogP contribution in [0.5, 0.6) is 0 Å². The minimum absolute atomic E-state index is 0.239. The first kappa shape index (κ1) is 16.0. The fraction of sp³-hybridized carbons (Fsp3) is 0.579. The fourth-order valence-corrected chi connectivity index (χ4v) is 3.15. The summed E-state index contributed by atoms with van der Waals surface area (Å²) in [6.45, 7) is 9.03. The topological polar surface area (TPSA) is 46.6 Å². The number of hydrogen-bond donors (Lipinski definition) is 0. The lowest BCUT2D eigenvalue weighted by atomic mass is 9.86. The number of amides is 1. The zero-order chi connectivity index (χ0) is 16.8. The maximum absolute atomic E-state index is 12.0. The molecule has 1 aromatic rings. The van der Waals surface area contributed by atoms with E-state index in [1.54, 1.807) is 4.90 Å². The third kappa shape index (κ3) is 3.41. The van der Waals surface area contributed by atoms with E-state index >= 15 is 0 Å². The zero-order valence-corrected chi connectivity index (χ0v) is 14.4. The van der Waals surface area contributed by atoms with Crippen LogP contribution in [-0.4, -0.2) is 36.0 Å². The number of carbonyl (C=O) groups is 2. The highest BCUT2D eigenvalue weighted by Crippen LogP contribution is 2.43. The predicted octanol–water partition coefficient (Wildman–Crippen LogP) is 4.02. The summed E-state index contributed by atoms with van der Waals surface area (Å²) >= 11 is 0. The maximum Gasteiger partial charge on any atom is 0.410 e. The number of rotatable bonds is 3. The number of aldehydes is 1. The van der Waals surface area contributed by atoms with Crippen molar-refractivity contribution in [3.05, 3.63) is 34.4 Å². The molecule has 0 aromatic heterocycles. The van der Waals surface area contributed by atoms with Crippen LogP contribution in [0.1, 0.15) is 72.5 Å². The summed E-state index contributed by atoms with van der Waals surface area (Å²) in [5.41, 5.74) is 3.90. The average Bonchev–Trinajstić information content (AvgIpc) is 3.17. The molecular weight excluding hydrogens is 290 g/mol. The molecule has 1 aliphatic carbocycles. The van der Waals surface area contributed by atoms with Gasteiger partial charge in [-0.25, -0.2) is 4.79 Å². The van der Waals surface area contributed by atoms with Crippen LogP contribution in [0.4, 0.5) is 4.79 Å². The van der Waals surface area contributed by atoms with Gasteiger partial charge in [0.1, 0.15) is 5.60 Å². The molecule has 0 unspecified atom stereocenters. The van der Waals surface area contributed by atoms with Gasteiger partial charge >= 0.3 is 6.09 Å². The van der Waals surface area contributed by atoms with Crippen molar-refractivity contribution in [3.63, 3.8) is 0 Å². The molecule has 0 spiro atoms. The number of nitrogens with zero attached hydrogens (tertiary/aromatic N) is 1. The molecule has 0 atom stereocenters. The Morgan fingerprint density at radius 1 is 1.22 bits per heavy atom. The van der Waals surface area contributed by atoms with Crippen LogP contribution in [0, 0.1) is 6.92 Å². The van der Waals surface area contributed by atoms with Crippen LogP contribution in [-0.2, 0) is 4.74 Å². The van der Waals surface area contributed by atoms with Gasteiger partial charge in [0, 0.05) is 24.6 Å². The van der Waals surface area contributed by atoms with Gasteiger partial charge in [0.25, 0.3) is 0 Å². The monoisotopic (exact) mass is 315 g/mol. The predicted molar refractivity (Wildman–Crippen MR) is 89.1 cm³/mol. The Balaban J connectivity index is 1.70. The second-order valence-electron chi connectivity index (χ2n) is 7.82. The Morgan fingerprint density at radius 3 is 2.39 bits per heavy atom. The van der Waals surface area contributed by atoms with Crippen molar-refractivity contribution in [2.45, 2.75) is 58.0 Å². The smallest absolute Gasteiger partial charge is 0.410 e. The number of likely N-dealkylation sites (tertiary alicyclic amines) is 1. The summed E-state index contributed by atoms with van der Waals surface area (Å²) in [6.07, 6.45) is 3.11. The molecule has 1 saturated carbocycles. The van der Waals surface area contributed by atoms with Crippen LogP contribution in [0.25, 0.3) is 0 Å². The lowest BCUT2D eigenvalue weighted by Crippen LogP contribution is -2.50. The first-order valence-corrected chi connectivity index (χ1v) is 8.36. The molecule has 4 nitrogen and oxygen atoms in total. The molecule has 0 N–H and O–H groups in total. The maximum atomic E-state index is 12.0. The Labute approximate surface area is 137 Å². The summed E-state index contributed by atoms with van der Waals surface area (Å²) in [6, 6.07) is 4.29. The van der Waals surface area contributed by atoms with E-state index < -0.39 is 5.60 Å². The second kappa shape index (κ2) is 5.66. The van der Waals surface area contributed by atoms with Crippen molar-refractivity contribution < 1.29 is 14.3 Å². The highest BCUT2D eigenvalue weighted by Gasteiger charge is 2.36. The van der Waals surface area contributed by atoms with Crippen LogP contribution in [0.2, 0.25) is 0 Å². The van der Waals surface area contributed by atoms with E-state index in [2.05, 4.69) is 12.1 Å². The number of hydrogen-bond acceptors (Lipinski definition) is 3. The first-order valence-electron chi connectivity index (χ1n) is 8.36. The molecule has 2 fully saturated rings. The molecule has 1 amide bonds. The van der Waals surface area contributed by atoms with E-state index in [9.17, 15) is 9.59 Å². The van der Waals surface area contributed by atoms with Gasteiger partial charge in [-0.15, -0.1) is 0 Å². The van der Waals surface area contributed by atoms with Crippen LogP contribution >= 0.6 is 0 Å². The van der Waals surface area contributed by atoms with Crippen molar-refractivity contribution in [1.29, 1.82) is 0 Å². The molecular formula is C19H25NO3. The summed E-state index contributed by atoms with van der Waals surface area (Å²) in [4.78, 5) is 25.1. The molecule has 4 heteroatoms. The Kier molecular flexibility index (Phi) is 3.95. The Morgan fingerprint density at radius 2 is 1.87 bits per heavy atom.